The van der Waals surface area contributed by atoms with Crippen molar-refractivity contribution in [2.75, 3.05) is 13.2 Å². The standard InChI is InChI=1S/C49H74O14/c1-29-25-39(61-49(27-29)40(52)15-14-36(60-49)28-46(7,55)45(54)57-33(5)11-10-23-50)30(2)12-13-35-17-21-48(59-35)22-18-38-44(63-48)41(53)34(6)43(58-38)37(51)26-32(4)42-31(3)16-20-47(62-42)19-8-9-24-56-47/h10-13,27,30-32,35-44,50-53,55H,5-6,8-9,14-26,28H2,1-4,7H3. The van der Waals surface area contributed by atoms with Crippen molar-refractivity contribution in [2.24, 2.45) is 17.8 Å². The minimum absolute atomic E-state index is 0.0124. The van der Waals surface area contributed by atoms with E-state index in [1.54, 1.807) is 6.08 Å². The molecule has 354 valence electrons. The quantitative estimate of drug-likeness (QED) is 0.0652. The van der Waals surface area contributed by atoms with Gasteiger partial charge in [0.15, 0.2) is 17.2 Å². The Morgan fingerprint density at radius 3 is 2.52 bits per heavy atom. The second-order valence-corrected chi connectivity index (χ2v) is 20.0. The highest BCUT2D eigenvalue weighted by atomic mass is 16.7. The van der Waals surface area contributed by atoms with Crippen LogP contribution in [0.1, 0.15) is 125 Å². The summed E-state index contributed by atoms with van der Waals surface area (Å²) in [7, 11) is 0. The summed E-state index contributed by atoms with van der Waals surface area (Å²) in [5.41, 5.74) is -0.511. The van der Waals surface area contributed by atoms with E-state index in [-0.39, 0.29) is 48.9 Å². The van der Waals surface area contributed by atoms with Gasteiger partial charge < -0.3 is 63.4 Å². The van der Waals surface area contributed by atoms with E-state index in [0.29, 0.717) is 56.4 Å². The second kappa shape index (κ2) is 19.9. The molecule has 14 nitrogen and oxygen atoms in total. The van der Waals surface area contributed by atoms with Crippen LogP contribution in [0.5, 0.6) is 0 Å². The van der Waals surface area contributed by atoms with Crippen LogP contribution in [-0.4, -0.2) is 129 Å². The average molecular weight is 887 g/mol. The van der Waals surface area contributed by atoms with E-state index in [0.717, 1.165) is 50.7 Å². The van der Waals surface area contributed by atoms with Gasteiger partial charge in [-0.1, -0.05) is 57.7 Å². The topological polar surface area (TPSA) is 192 Å². The molecule has 7 heterocycles. The molecule has 17 unspecified atom stereocenters. The van der Waals surface area contributed by atoms with Gasteiger partial charge in [0.25, 0.3) is 0 Å². The van der Waals surface area contributed by atoms with Gasteiger partial charge in [0.2, 0.25) is 5.79 Å². The molecule has 0 aromatic rings. The first-order chi connectivity index (χ1) is 29.9. The molecule has 6 saturated heterocycles. The molecule has 6 fully saturated rings. The highest BCUT2D eigenvalue weighted by Gasteiger charge is 2.55. The Hall–Kier alpha value is -2.31. The van der Waals surface area contributed by atoms with Crippen LogP contribution in [0.15, 0.2) is 60.4 Å². The zero-order valence-electron chi connectivity index (χ0n) is 38.0. The average Bonchev–Trinajstić information content (AvgIpc) is 3.64. The summed E-state index contributed by atoms with van der Waals surface area (Å²) in [6, 6.07) is 0. The fourth-order valence-electron chi connectivity index (χ4n) is 11.0. The molecule has 3 spiro atoms. The van der Waals surface area contributed by atoms with E-state index in [1.807, 2.05) is 19.9 Å². The summed E-state index contributed by atoms with van der Waals surface area (Å²) >= 11 is 0. The molecule has 7 aliphatic heterocycles. The highest BCUT2D eigenvalue weighted by Crippen LogP contribution is 2.47. The van der Waals surface area contributed by atoms with Crippen molar-refractivity contribution >= 4 is 5.97 Å². The van der Waals surface area contributed by atoms with E-state index in [9.17, 15) is 25.2 Å². The molecule has 7 aliphatic rings. The van der Waals surface area contributed by atoms with E-state index in [4.69, 9.17) is 43.0 Å². The summed E-state index contributed by atoms with van der Waals surface area (Å²) in [6.07, 6.45) is 11.9. The minimum atomic E-state index is -1.91. The molecule has 0 aromatic carbocycles. The molecular weight excluding hydrogens is 813 g/mol. The number of hydrogen-bond donors (Lipinski definition) is 5. The van der Waals surface area contributed by atoms with Crippen molar-refractivity contribution in [1.82, 2.24) is 0 Å². The van der Waals surface area contributed by atoms with E-state index in [1.165, 1.54) is 19.1 Å². The number of esters is 1. The number of carbonyl (C=O) groups is 1. The predicted octanol–water partition coefficient (Wildman–Crippen LogP) is 5.73. The number of aliphatic hydroxyl groups excluding tert-OH is 4. The fourth-order valence-corrected chi connectivity index (χ4v) is 11.0. The molecular formula is C49H74O14. The summed E-state index contributed by atoms with van der Waals surface area (Å²) < 4.78 is 50.8. The molecule has 5 N–H and O–H groups in total. The van der Waals surface area contributed by atoms with E-state index < -0.39 is 71.7 Å². The van der Waals surface area contributed by atoms with Crippen LogP contribution in [0.3, 0.4) is 0 Å². The number of aliphatic hydroxyl groups is 5. The molecule has 63 heavy (non-hydrogen) atoms. The minimum Gasteiger partial charge on any atom is -0.425 e. The highest BCUT2D eigenvalue weighted by molar-refractivity contribution is 5.79. The van der Waals surface area contributed by atoms with Gasteiger partial charge in [-0.2, -0.15) is 0 Å². The van der Waals surface area contributed by atoms with Crippen LogP contribution in [0.2, 0.25) is 0 Å². The third-order valence-corrected chi connectivity index (χ3v) is 14.6. The SMILES string of the molecule is C=C(C=CCO)OC(=O)C(C)(O)CC1CCC(O)C2(C=C(C)CC(C(C)C=CC3CCC4(CCC5OC(C(O)CC(C)C6OC7(CCCCO7)CCC6C)C(=C)C(O)C5O4)O3)O2)O1. The largest absolute Gasteiger partial charge is 0.425 e. The monoisotopic (exact) mass is 887 g/mol. The zero-order chi connectivity index (χ0) is 45.3. The van der Waals surface area contributed by atoms with Crippen LogP contribution in [0, 0.1) is 17.8 Å². The molecule has 17 atom stereocenters. The Bertz CT molecular complexity index is 1720. The summed E-state index contributed by atoms with van der Waals surface area (Å²) in [5, 5.41) is 54.5. The van der Waals surface area contributed by atoms with Gasteiger partial charge in [0.05, 0.1) is 49.8 Å². The van der Waals surface area contributed by atoms with Gasteiger partial charge in [-0.15, -0.1) is 0 Å². The normalized spacial score (nSPS) is 42.3. The number of carbonyl (C=O) groups excluding carboxylic acids is 1. The van der Waals surface area contributed by atoms with Crippen molar-refractivity contribution < 1.29 is 68.2 Å². The summed E-state index contributed by atoms with van der Waals surface area (Å²) in [5.74, 6) is -3.49. The fraction of sp³-hybridized carbons (Fsp3) is 0.776. The molecule has 14 heteroatoms. The third-order valence-electron chi connectivity index (χ3n) is 14.6. The molecule has 0 aliphatic carbocycles. The number of fused-ring (bicyclic) bond motifs is 1. The van der Waals surface area contributed by atoms with E-state index in [2.05, 4.69) is 33.1 Å². The van der Waals surface area contributed by atoms with Gasteiger partial charge >= 0.3 is 5.97 Å². The zero-order valence-corrected chi connectivity index (χ0v) is 38.0. The van der Waals surface area contributed by atoms with Crippen LogP contribution >= 0.6 is 0 Å². The number of hydrogen-bond acceptors (Lipinski definition) is 14. The second-order valence-electron chi connectivity index (χ2n) is 20.0. The van der Waals surface area contributed by atoms with E-state index >= 15 is 0 Å². The van der Waals surface area contributed by atoms with Crippen LogP contribution in [0.4, 0.5) is 0 Å². The van der Waals surface area contributed by atoms with Crippen LogP contribution in [-0.2, 0) is 42.7 Å². The van der Waals surface area contributed by atoms with Gasteiger partial charge in [0, 0.05) is 38.0 Å². The number of rotatable bonds is 13. The Kier molecular flexibility index (Phi) is 15.3. The van der Waals surface area contributed by atoms with Gasteiger partial charge in [-0.3, -0.25) is 0 Å². The maximum Gasteiger partial charge on any atom is 0.343 e. The first kappa shape index (κ1) is 48.6. The molecule has 0 saturated carbocycles. The van der Waals surface area contributed by atoms with Crippen LogP contribution < -0.4 is 0 Å². The van der Waals surface area contributed by atoms with Gasteiger partial charge in [-0.05, 0) is 101 Å². The van der Waals surface area contributed by atoms with Crippen molar-refractivity contribution in [3.63, 3.8) is 0 Å². The van der Waals surface area contributed by atoms with Gasteiger partial charge in [-0.25, -0.2) is 4.79 Å². The smallest absolute Gasteiger partial charge is 0.343 e. The number of allylic oxidation sites excluding steroid dienone is 1. The first-order valence-corrected chi connectivity index (χ1v) is 23.5. The van der Waals surface area contributed by atoms with Crippen molar-refractivity contribution in [3.05, 3.63) is 60.4 Å². The lowest BCUT2D eigenvalue weighted by Gasteiger charge is -2.50. The van der Waals surface area contributed by atoms with Gasteiger partial charge in [0.1, 0.15) is 30.2 Å². The first-order valence-electron chi connectivity index (χ1n) is 23.5. The molecule has 0 amide bonds. The summed E-state index contributed by atoms with van der Waals surface area (Å²) in [4.78, 5) is 12.8. The molecule has 0 aromatic heterocycles. The van der Waals surface area contributed by atoms with Crippen molar-refractivity contribution in [2.45, 2.75) is 209 Å². The Morgan fingerprint density at radius 2 is 1.78 bits per heavy atom. The molecule has 0 bridgehead atoms. The lowest BCUT2D eigenvalue weighted by atomic mass is 9.79. The Balaban J connectivity index is 0.910. The van der Waals surface area contributed by atoms with Crippen molar-refractivity contribution in [1.29, 1.82) is 0 Å². The maximum atomic E-state index is 12.8. The predicted molar refractivity (Wildman–Crippen MR) is 231 cm³/mol. The number of ether oxygens (including phenoxy) is 8. The summed E-state index contributed by atoms with van der Waals surface area (Å²) in [6.45, 7) is 18.0. The lowest BCUT2D eigenvalue weighted by Crippen LogP contribution is -2.60. The Morgan fingerprint density at radius 1 is 1.02 bits per heavy atom. The van der Waals surface area contributed by atoms with Crippen LogP contribution in [0.25, 0.3) is 0 Å². The maximum absolute atomic E-state index is 12.8. The molecule has 0 radical (unpaired) electrons. The lowest BCUT2D eigenvalue weighted by molar-refractivity contribution is -0.321. The Labute approximate surface area is 373 Å². The van der Waals surface area contributed by atoms with Crippen molar-refractivity contribution in [3.8, 4) is 0 Å². The molecule has 7 rings (SSSR count). The third kappa shape index (κ3) is 11.0.